The molecular formula is C22H17Cl2N5O5S. The first-order chi connectivity index (χ1) is 16.5. The van der Waals surface area contributed by atoms with Crippen molar-refractivity contribution in [2.24, 2.45) is 0 Å². The van der Waals surface area contributed by atoms with Crippen molar-refractivity contribution in [3.05, 3.63) is 71.1 Å². The van der Waals surface area contributed by atoms with Crippen molar-refractivity contribution in [3.63, 3.8) is 0 Å². The van der Waals surface area contributed by atoms with Crippen molar-refractivity contribution in [2.45, 2.75) is 11.8 Å². The zero-order valence-corrected chi connectivity index (χ0v) is 20.3. The van der Waals surface area contributed by atoms with Crippen LogP contribution in [0, 0.1) is 0 Å². The monoisotopic (exact) mass is 533 g/mol. The van der Waals surface area contributed by atoms with Crippen LogP contribution in [-0.2, 0) is 19.6 Å². The van der Waals surface area contributed by atoms with Crippen LogP contribution >= 0.6 is 23.2 Å². The Morgan fingerprint density at radius 3 is 2.37 bits per heavy atom. The fourth-order valence-electron chi connectivity index (χ4n) is 3.42. The third kappa shape index (κ3) is 5.21. The van der Waals surface area contributed by atoms with E-state index >= 15 is 0 Å². The standard InChI is InChI=1S/C22H17Cl2N5O5S/c1-13(30)27-20-10-26-21(11-25-20)28-5-4-14-6-17(2-3-19(14)28)29(12-22(31)32)35(33,34)18-8-15(23)7-16(24)9-18/h2-11H,12H2,1H3,(H,31,32)(H,25,27,30). The van der Waals surface area contributed by atoms with Crippen LogP contribution in [0.1, 0.15) is 6.92 Å². The Morgan fingerprint density at radius 1 is 1.06 bits per heavy atom. The molecule has 0 spiro atoms. The molecule has 0 fully saturated rings. The fraction of sp³-hybridized carbons (Fsp3) is 0.0909. The minimum atomic E-state index is -4.30. The van der Waals surface area contributed by atoms with Gasteiger partial charge in [0.25, 0.3) is 10.0 Å². The number of aliphatic carboxylic acids is 1. The molecule has 0 saturated carbocycles. The van der Waals surface area contributed by atoms with Gasteiger partial charge in [-0.2, -0.15) is 0 Å². The topological polar surface area (TPSA) is 134 Å². The summed E-state index contributed by atoms with van der Waals surface area (Å²) in [6.07, 6.45) is 4.60. The lowest BCUT2D eigenvalue weighted by Gasteiger charge is -2.23. The van der Waals surface area contributed by atoms with E-state index in [2.05, 4.69) is 15.3 Å². The Balaban J connectivity index is 1.74. The van der Waals surface area contributed by atoms with Gasteiger partial charge in [-0.25, -0.2) is 18.4 Å². The number of carbonyl (C=O) groups is 2. The van der Waals surface area contributed by atoms with Crippen molar-refractivity contribution in [2.75, 3.05) is 16.2 Å². The maximum absolute atomic E-state index is 13.3. The van der Waals surface area contributed by atoms with Gasteiger partial charge in [0.05, 0.1) is 28.5 Å². The van der Waals surface area contributed by atoms with E-state index < -0.39 is 22.5 Å². The number of nitrogens with one attached hydrogen (secondary N) is 1. The van der Waals surface area contributed by atoms with Gasteiger partial charge < -0.3 is 10.4 Å². The number of hydrogen-bond acceptors (Lipinski definition) is 6. The Hall–Kier alpha value is -3.67. The van der Waals surface area contributed by atoms with E-state index in [0.717, 1.165) is 4.31 Å². The first-order valence-corrected chi connectivity index (χ1v) is 12.2. The molecule has 0 atom stereocenters. The van der Waals surface area contributed by atoms with E-state index in [-0.39, 0.29) is 26.5 Å². The van der Waals surface area contributed by atoms with Crippen LogP contribution in [0.25, 0.3) is 16.7 Å². The molecule has 2 aromatic heterocycles. The quantitative estimate of drug-likeness (QED) is 0.367. The second-order valence-corrected chi connectivity index (χ2v) is 10.1. The summed E-state index contributed by atoms with van der Waals surface area (Å²) in [6, 6.07) is 10.2. The Morgan fingerprint density at radius 2 is 1.77 bits per heavy atom. The number of rotatable bonds is 7. The second-order valence-electron chi connectivity index (χ2n) is 7.38. The van der Waals surface area contributed by atoms with Gasteiger partial charge in [-0.15, -0.1) is 0 Å². The summed E-state index contributed by atoms with van der Waals surface area (Å²) in [5, 5.41) is 12.8. The van der Waals surface area contributed by atoms with Crippen LogP contribution in [-0.4, -0.2) is 46.5 Å². The minimum Gasteiger partial charge on any atom is -0.480 e. The SMILES string of the molecule is CC(=O)Nc1cnc(-n2ccc3cc(N(CC(=O)O)S(=O)(=O)c4cc(Cl)cc(Cl)c4)ccc32)cn1. The first kappa shape index (κ1) is 24.5. The van der Waals surface area contributed by atoms with Crippen molar-refractivity contribution in [3.8, 4) is 5.82 Å². The molecule has 13 heteroatoms. The van der Waals surface area contributed by atoms with Crippen LogP contribution in [0.3, 0.4) is 0 Å². The van der Waals surface area contributed by atoms with Crippen molar-refractivity contribution in [1.29, 1.82) is 0 Å². The number of fused-ring (bicyclic) bond motifs is 1. The van der Waals surface area contributed by atoms with Crippen LogP contribution < -0.4 is 9.62 Å². The van der Waals surface area contributed by atoms with E-state index in [1.165, 1.54) is 43.6 Å². The predicted octanol–water partition coefficient (Wildman–Crippen LogP) is 3.97. The molecule has 0 radical (unpaired) electrons. The molecular weight excluding hydrogens is 517 g/mol. The molecule has 35 heavy (non-hydrogen) atoms. The summed E-state index contributed by atoms with van der Waals surface area (Å²) in [5.41, 5.74) is 0.814. The lowest BCUT2D eigenvalue weighted by Crippen LogP contribution is -2.35. The summed E-state index contributed by atoms with van der Waals surface area (Å²) < 4.78 is 29.2. The zero-order valence-electron chi connectivity index (χ0n) is 18.0. The zero-order chi connectivity index (χ0) is 25.3. The number of nitrogens with zero attached hydrogens (tertiary/aromatic N) is 4. The number of sulfonamides is 1. The average molecular weight is 534 g/mol. The highest BCUT2D eigenvalue weighted by molar-refractivity contribution is 7.92. The third-order valence-electron chi connectivity index (χ3n) is 4.85. The summed E-state index contributed by atoms with van der Waals surface area (Å²) >= 11 is 11.9. The number of amides is 1. The molecule has 2 aromatic carbocycles. The van der Waals surface area contributed by atoms with Crippen molar-refractivity contribution in [1.82, 2.24) is 14.5 Å². The number of anilines is 2. The molecule has 0 bridgehead atoms. The van der Waals surface area contributed by atoms with Gasteiger partial charge in [-0.1, -0.05) is 23.2 Å². The Bertz CT molecular complexity index is 1530. The van der Waals surface area contributed by atoms with Crippen LogP contribution in [0.15, 0.2) is 66.0 Å². The number of carboxylic acid groups (broad SMARTS) is 1. The number of benzene rings is 2. The molecule has 4 aromatic rings. The van der Waals surface area contributed by atoms with E-state index in [1.54, 1.807) is 29.0 Å². The van der Waals surface area contributed by atoms with Crippen LogP contribution in [0.5, 0.6) is 0 Å². The van der Waals surface area contributed by atoms with Gasteiger partial charge in [0.1, 0.15) is 6.54 Å². The molecule has 0 unspecified atom stereocenters. The van der Waals surface area contributed by atoms with E-state index in [9.17, 15) is 23.1 Å². The Labute approximate surface area is 209 Å². The van der Waals surface area contributed by atoms with Gasteiger partial charge in [-0.05, 0) is 42.5 Å². The number of aromatic nitrogens is 3. The predicted molar refractivity (Wildman–Crippen MR) is 132 cm³/mol. The lowest BCUT2D eigenvalue weighted by molar-refractivity contribution is -0.135. The van der Waals surface area contributed by atoms with E-state index in [4.69, 9.17) is 23.2 Å². The number of halogens is 2. The summed E-state index contributed by atoms with van der Waals surface area (Å²) in [6.45, 7) is 0.552. The molecule has 4 rings (SSSR count). The third-order valence-corrected chi connectivity index (χ3v) is 7.04. The molecule has 0 saturated heterocycles. The summed E-state index contributed by atoms with van der Waals surface area (Å²) in [5.74, 6) is -0.845. The highest BCUT2D eigenvalue weighted by Crippen LogP contribution is 2.31. The maximum atomic E-state index is 13.3. The highest BCUT2D eigenvalue weighted by atomic mass is 35.5. The molecule has 180 valence electrons. The van der Waals surface area contributed by atoms with Crippen molar-refractivity contribution < 1.29 is 23.1 Å². The van der Waals surface area contributed by atoms with Gasteiger partial charge >= 0.3 is 5.97 Å². The average Bonchev–Trinajstić information content (AvgIpc) is 3.20. The van der Waals surface area contributed by atoms with Gasteiger partial charge in [0.15, 0.2) is 11.6 Å². The molecule has 2 N–H and O–H groups in total. The molecule has 0 aliphatic rings. The first-order valence-electron chi connectivity index (χ1n) is 9.96. The molecule has 2 heterocycles. The molecule has 0 aliphatic heterocycles. The molecule has 1 amide bonds. The Kier molecular flexibility index (Phi) is 6.66. The number of carboxylic acids is 1. The smallest absolute Gasteiger partial charge is 0.324 e. The van der Waals surface area contributed by atoms with Gasteiger partial charge in [-0.3, -0.25) is 18.5 Å². The minimum absolute atomic E-state index is 0.101. The maximum Gasteiger partial charge on any atom is 0.324 e. The number of hydrogen-bond donors (Lipinski definition) is 2. The van der Waals surface area contributed by atoms with E-state index in [0.29, 0.717) is 22.5 Å². The van der Waals surface area contributed by atoms with Crippen LogP contribution in [0.4, 0.5) is 11.5 Å². The summed E-state index contributed by atoms with van der Waals surface area (Å²) in [4.78, 5) is 30.9. The van der Waals surface area contributed by atoms with E-state index in [1.807, 2.05) is 0 Å². The van der Waals surface area contributed by atoms with Gasteiger partial charge in [0.2, 0.25) is 5.91 Å². The van der Waals surface area contributed by atoms with Gasteiger partial charge in [0, 0.05) is 28.6 Å². The van der Waals surface area contributed by atoms with Crippen LogP contribution in [0.2, 0.25) is 10.0 Å². The second kappa shape index (κ2) is 9.53. The summed E-state index contributed by atoms with van der Waals surface area (Å²) in [7, 11) is -4.30. The molecule has 10 nitrogen and oxygen atoms in total. The molecule has 0 aliphatic carbocycles. The highest BCUT2D eigenvalue weighted by Gasteiger charge is 2.28. The van der Waals surface area contributed by atoms with Crippen molar-refractivity contribution >= 4 is 67.5 Å². The number of carbonyl (C=O) groups excluding carboxylic acids is 1. The fourth-order valence-corrected chi connectivity index (χ4v) is 5.55. The normalized spacial score (nSPS) is 11.4. The largest absolute Gasteiger partial charge is 0.480 e. The lowest BCUT2D eigenvalue weighted by atomic mass is 10.2.